The molecule has 4 rings (SSSR count). The average molecular weight is 415 g/mol. The molecule has 3 aromatic rings. The standard InChI is InChI=1S/C19H17N3O4S2/c1-25-16-8-5-6-14(18(16)26-2)19-21-13(11-27-19)10-22-12-20-15-7-3-4-9-17(15)28(22,23)24/h3-9,11-12H,10H2,1-2H3. The quantitative estimate of drug-likeness (QED) is 0.635. The SMILES string of the molecule is COc1cccc(-c2nc(CN3C=Nc4ccccc4S3(=O)=O)cs2)c1OC. The molecule has 0 unspecified atom stereocenters. The van der Waals surface area contributed by atoms with E-state index in [0.717, 1.165) is 10.6 Å². The fraction of sp³-hybridized carbons (Fsp3) is 0.158. The summed E-state index contributed by atoms with van der Waals surface area (Å²) in [6.07, 6.45) is 1.34. The molecule has 0 spiro atoms. The fourth-order valence-corrected chi connectivity index (χ4v) is 5.14. The van der Waals surface area contributed by atoms with E-state index in [1.807, 2.05) is 23.6 Å². The minimum Gasteiger partial charge on any atom is -0.493 e. The van der Waals surface area contributed by atoms with Crippen LogP contribution in [0.1, 0.15) is 5.69 Å². The molecule has 0 fully saturated rings. The zero-order valence-corrected chi connectivity index (χ0v) is 16.8. The van der Waals surface area contributed by atoms with Crippen LogP contribution in [-0.4, -0.2) is 38.3 Å². The highest BCUT2D eigenvalue weighted by molar-refractivity contribution is 7.89. The lowest BCUT2D eigenvalue weighted by atomic mass is 10.2. The molecule has 0 N–H and O–H groups in total. The van der Waals surface area contributed by atoms with E-state index >= 15 is 0 Å². The lowest BCUT2D eigenvalue weighted by molar-refractivity contribution is 0.356. The van der Waals surface area contributed by atoms with E-state index in [9.17, 15) is 8.42 Å². The van der Waals surface area contributed by atoms with Crippen LogP contribution in [-0.2, 0) is 16.6 Å². The first-order valence-electron chi connectivity index (χ1n) is 8.35. The van der Waals surface area contributed by atoms with E-state index in [4.69, 9.17) is 9.47 Å². The highest BCUT2D eigenvalue weighted by Gasteiger charge is 2.29. The lowest BCUT2D eigenvalue weighted by Crippen LogP contribution is -2.31. The van der Waals surface area contributed by atoms with E-state index in [1.165, 1.54) is 22.0 Å². The molecular formula is C19H17N3O4S2. The molecule has 1 aliphatic heterocycles. The van der Waals surface area contributed by atoms with Crippen molar-refractivity contribution in [1.29, 1.82) is 0 Å². The van der Waals surface area contributed by atoms with Crippen LogP contribution in [0.4, 0.5) is 5.69 Å². The second-order valence-corrected chi connectivity index (χ2v) is 8.66. The molecule has 0 radical (unpaired) electrons. The molecule has 7 nitrogen and oxygen atoms in total. The van der Waals surface area contributed by atoms with Gasteiger partial charge in [0.25, 0.3) is 10.0 Å². The van der Waals surface area contributed by atoms with Gasteiger partial charge in [-0.3, -0.25) is 4.31 Å². The van der Waals surface area contributed by atoms with Gasteiger partial charge in [0.1, 0.15) is 16.2 Å². The Labute approximate surface area is 167 Å². The Morgan fingerprint density at radius 3 is 2.68 bits per heavy atom. The number of aromatic nitrogens is 1. The first-order valence-corrected chi connectivity index (χ1v) is 10.7. The first-order chi connectivity index (χ1) is 13.5. The number of nitrogens with zero attached hydrogens (tertiary/aromatic N) is 3. The number of rotatable bonds is 5. The summed E-state index contributed by atoms with van der Waals surface area (Å²) in [6.45, 7) is 0.100. The van der Waals surface area contributed by atoms with Crippen LogP contribution in [0, 0.1) is 0 Å². The number of hydrogen-bond donors (Lipinski definition) is 0. The number of hydrogen-bond acceptors (Lipinski definition) is 7. The molecule has 0 saturated heterocycles. The van der Waals surface area contributed by atoms with Crippen LogP contribution in [0.5, 0.6) is 11.5 Å². The molecule has 1 aliphatic rings. The van der Waals surface area contributed by atoms with Crippen molar-refractivity contribution in [3.63, 3.8) is 0 Å². The van der Waals surface area contributed by atoms with E-state index < -0.39 is 10.0 Å². The van der Waals surface area contributed by atoms with Crippen LogP contribution in [0.15, 0.2) is 57.7 Å². The van der Waals surface area contributed by atoms with Crippen molar-refractivity contribution in [1.82, 2.24) is 9.29 Å². The second kappa shape index (κ2) is 7.25. The Morgan fingerprint density at radius 1 is 1.07 bits per heavy atom. The number of aliphatic imine (C=N–C) groups is 1. The summed E-state index contributed by atoms with van der Waals surface area (Å²) in [4.78, 5) is 9.03. The van der Waals surface area contributed by atoms with Crippen LogP contribution in [0.2, 0.25) is 0 Å². The van der Waals surface area contributed by atoms with E-state index in [0.29, 0.717) is 22.9 Å². The summed E-state index contributed by atoms with van der Waals surface area (Å²) in [7, 11) is -0.506. The number of ether oxygens (including phenoxy) is 2. The summed E-state index contributed by atoms with van der Waals surface area (Å²) in [5.74, 6) is 1.20. The van der Waals surface area contributed by atoms with Gasteiger partial charge in [0.2, 0.25) is 0 Å². The fourth-order valence-electron chi connectivity index (χ4n) is 2.94. The number of para-hydroxylation sites is 2. The predicted octanol–water partition coefficient (Wildman–Crippen LogP) is 3.69. The third-order valence-electron chi connectivity index (χ3n) is 4.28. The van der Waals surface area contributed by atoms with E-state index in [1.54, 1.807) is 38.5 Å². The van der Waals surface area contributed by atoms with Gasteiger partial charge in [0.15, 0.2) is 11.5 Å². The first kappa shape index (κ1) is 18.5. The topological polar surface area (TPSA) is 81.1 Å². The van der Waals surface area contributed by atoms with Gasteiger partial charge in [-0.05, 0) is 24.3 Å². The third-order valence-corrected chi connectivity index (χ3v) is 6.95. The summed E-state index contributed by atoms with van der Waals surface area (Å²) >= 11 is 1.41. The smallest absolute Gasteiger partial charge is 0.267 e. The average Bonchev–Trinajstić information content (AvgIpc) is 3.18. The summed E-state index contributed by atoms with van der Waals surface area (Å²) in [5, 5.41) is 2.55. The zero-order chi connectivity index (χ0) is 19.7. The molecule has 9 heteroatoms. The minimum atomic E-state index is -3.66. The Balaban J connectivity index is 1.64. The van der Waals surface area contributed by atoms with Gasteiger partial charge in [0, 0.05) is 5.38 Å². The van der Waals surface area contributed by atoms with Crippen LogP contribution < -0.4 is 9.47 Å². The Morgan fingerprint density at radius 2 is 1.89 bits per heavy atom. The van der Waals surface area contributed by atoms with Gasteiger partial charge in [-0.1, -0.05) is 18.2 Å². The van der Waals surface area contributed by atoms with Crippen LogP contribution in [0.25, 0.3) is 10.6 Å². The lowest BCUT2D eigenvalue weighted by Gasteiger charge is -2.23. The number of fused-ring (bicyclic) bond motifs is 1. The van der Waals surface area contributed by atoms with Gasteiger partial charge < -0.3 is 9.47 Å². The number of thiazole rings is 1. The Kier molecular flexibility index (Phi) is 4.78. The molecule has 144 valence electrons. The van der Waals surface area contributed by atoms with Gasteiger partial charge in [-0.25, -0.2) is 18.4 Å². The Hall–Kier alpha value is -2.91. The minimum absolute atomic E-state index is 0.100. The van der Waals surface area contributed by atoms with E-state index in [2.05, 4.69) is 9.98 Å². The van der Waals surface area contributed by atoms with Crippen molar-refractivity contribution in [2.75, 3.05) is 14.2 Å². The predicted molar refractivity (Wildman–Crippen MR) is 108 cm³/mol. The number of sulfonamides is 1. The van der Waals surface area contributed by atoms with Crippen LogP contribution >= 0.6 is 11.3 Å². The summed E-state index contributed by atoms with van der Waals surface area (Å²) in [6, 6.07) is 12.2. The molecule has 1 aromatic heterocycles. The molecule has 2 aromatic carbocycles. The maximum atomic E-state index is 12.8. The maximum absolute atomic E-state index is 12.8. The molecule has 0 amide bonds. The monoisotopic (exact) mass is 415 g/mol. The van der Waals surface area contributed by atoms with Gasteiger partial charge >= 0.3 is 0 Å². The van der Waals surface area contributed by atoms with Gasteiger partial charge in [0.05, 0.1) is 37.7 Å². The van der Waals surface area contributed by atoms with Crippen molar-refractivity contribution in [2.45, 2.75) is 11.4 Å². The third kappa shape index (κ3) is 3.12. The molecule has 2 heterocycles. The van der Waals surface area contributed by atoms with Gasteiger partial charge in [-0.2, -0.15) is 0 Å². The molecule has 0 aliphatic carbocycles. The van der Waals surface area contributed by atoms with Crippen molar-refractivity contribution in [3.8, 4) is 22.1 Å². The molecular weight excluding hydrogens is 398 g/mol. The molecule has 0 saturated carbocycles. The van der Waals surface area contributed by atoms with Crippen molar-refractivity contribution in [2.24, 2.45) is 4.99 Å². The number of benzene rings is 2. The summed E-state index contributed by atoms with van der Waals surface area (Å²) in [5.41, 5.74) is 1.86. The molecule has 0 bridgehead atoms. The highest BCUT2D eigenvalue weighted by atomic mass is 32.2. The maximum Gasteiger partial charge on any atom is 0.267 e. The summed E-state index contributed by atoms with van der Waals surface area (Å²) < 4.78 is 37.7. The normalized spacial score (nSPS) is 14.6. The number of methoxy groups -OCH3 is 2. The van der Waals surface area contributed by atoms with Crippen molar-refractivity contribution in [3.05, 3.63) is 53.5 Å². The Bertz CT molecular complexity index is 1160. The zero-order valence-electron chi connectivity index (χ0n) is 15.2. The second-order valence-electron chi connectivity index (χ2n) is 5.95. The van der Waals surface area contributed by atoms with Crippen LogP contribution in [0.3, 0.4) is 0 Å². The molecule has 28 heavy (non-hydrogen) atoms. The van der Waals surface area contributed by atoms with E-state index in [-0.39, 0.29) is 11.4 Å². The van der Waals surface area contributed by atoms with Crippen molar-refractivity contribution >= 4 is 33.4 Å². The largest absolute Gasteiger partial charge is 0.493 e. The highest BCUT2D eigenvalue weighted by Crippen LogP contribution is 2.39. The van der Waals surface area contributed by atoms with Gasteiger partial charge in [-0.15, -0.1) is 11.3 Å². The molecule has 0 atom stereocenters. The van der Waals surface area contributed by atoms with Crippen molar-refractivity contribution < 1.29 is 17.9 Å².